The number of thioether (sulfide) groups is 1. The Bertz CT molecular complexity index is 2020. The lowest BCUT2D eigenvalue weighted by atomic mass is 10.1. The number of carbonyl (C=O) groups excluding carboxylic acids is 3. The normalized spacial score (nSPS) is 11.9. The maximum atomic E-state index is 13.5. The topological polar surface area (TPSA) is 114 Å². The van der Waals surface area contributed by atoms with Gasteiger partial charge in [0, 0.05) is 28.2 Å². The van der Waals surface area contributed by atoms with Crippen molar-refractivity contribution < 1.29 is 14.4 Å². The van der Waals surface area contributed by atoms with Gasteiger partial charge in [0.15, 0.2) is 0 Å². The Labute approximate surface area is 281 Å². The van der Waals surface area contributed by atoms with Crippen LogP contribution < -0.4 is 21.5 Å². The number of benzene rings is 4. The van der Waals surface area contributed by atoms with Gasteiger partial charge < -0.3 is 16.0 Å². The molecule has 11 heteroatoms. The number of carbonyl (C=O) groups is 3. The Morgan fingerprint density at radius 1 is 0.851 bits per heavy atom. The Morgan fingerprint density at radius 3 is 2.21 bits per heavy atom. The van der Waals surface area contributed by atoms with Crippen molar-refractivity contribution in [3.63, 3.8) is 0 Å². The van der Waals surface area contributed by atoms with Crippen LogP contribution in [-0.2, 0) is 16.6 Å². The Morgan fingerprint density at radius 2 is 1.51 bits per heavy atom. The molecular weight excluding hydrogens is 634 g/mol. The van der Waals surface area contributed by atoms with Crippen molar-refractivity contribution in [1.29, 1.82) is 0 Å². The Kier molecular flexibility index (Phi) is 10.4. The number of para-hydroxylation sites is 1. The maximum Gasteiger partial charge on any atom is 0.295 e. The minimum atomic E-state index is -0.578. The third-order valence-electron chi connectivity index (χ3n) is 7.31. The SMILES string of the molecule is Cc1c(NC(=O)C(C)Sc2cccc(NC(=O)/C(=C\c3ccccc3Cl)NC(=O)c3ccccc3)c2)c(=O)n(-c2ccccc2)n1C. The van der Waals surface area contributed by atoms with Crippen LogP contribution in [0.3, 0.4) is 0 Å². The summed E-state index contributed by atoms with van der Waals surface area (Å²) in [5.41, 5.74) is 2.59. The predicted molar refractivity (Wildman–Crippen MR) is 188 cm³/mol. The van der Waals surface area contributed by atoms with E-state index in [0.717, 1.165) is 0 Å². The zero-order chi connectivity index (χ0) is 33.5. The van der Waals surface area contributed by atoms with E-state index in [0.29, 0.717) is 38.1 Å². The van der Waals surface area contributed by atoms with Gasteiger partial charge in [-0.2, -0.15) is 0 Å². The van der Waals surface area contributed by atoms with Gasteiger partial charge in [-0.05, 0) is 74.0 Å². The molecule has 0 fully saturated rings. The van der Waals surface area contributed by atoms with Crippen LogP contribution in [0.1, 0.15) is 28.5 Å². The van der Waals surface area contributed by atoms with Gasteiger partial charge in [0.2, 0.25) is 5.91 Å². The monoisotopic (exact) mass is 665 g/mol. The fourth-order valence-corrected chi connectivity index (χ4v) is 5.85. The van der Waals surface area contributed by atoms with E-state index < -0.39 is 17.1 Å². The molecule has 4 aromatic carbocycles. The van der Waals surface area contributed by atoms with Crippen molar-refractivity contribution in [1.82, 2.24) is 14.7 Å². The fraction of sp³-hybridized carbons (Fsp3) is 0.111. The van der Waals surface area contributed by atoms with E-state index in [1.807, 2.05) is 36.4 Å². The van der Waals surface area contributed by atoms with Crippen molar-refractivity contribution in [3.05, 3.63) is 147 Å². The highest BCUT2D eigenvalue weighted by Gasteiger charge is 2.22. The van der Waals surface area contributed by atoms with E-state index >= 15 is 0 Å². The van der Waals surface area contributed by atoms with Crippen LogP contribution in [0.2, 0.25) is 5.02 Å². The second-order valence-corrected chi connectivity index (χ2v) is 12.4. The van der Waals surface area contributed by atoms with Crippen molar-refractivity contribution in [2.75, 3.05) is 10.6 Å². The highest BCUT2D eigenvalue weighted by Crippen LogP contribution is 2.27. The number of halogens is 1. The molecule has 5 rings (SSSR count). The average Bonchev–Trinajstić information content (AvgIpc) is 3.28. The first kappa shape index (κ1) is 33.1. The smallest absolute Gasteiger partial charge is 0.295 e. The van der Waals surface area contributed by atoms with Crippen molar-refractivity contribution in [3.8, 4) is 5.69 Å². The van der Waals surface area contributed by atoms with E-state index in [2.05, 4.69) is 16.0 Å². The predicted octanol–water partition coefficient (Wildman–Crippen LogP) is 6.67. The molecule has 1 atom stereocenters. The van der Waals surface area contributed by atoms with Crippen LogP contribution in [0.15, 0.2) is 125 Å². The second-order valence-electron chi connectivity index (χ2n) is 10.6. The zero-order valence-corrected chi connectivity index (χ0v) is 27.4. The first-order valence-corrected chi connectivity index (χ1v) is 15.9. The average molecular weight is 666 g/mol. The Balaban J connectivity index is 1.30. The highest BCUT2D eigenvalue weighted by atomic mass is 35.5. The van der Waals surface area contributed by atoms with E-state index in [4.69, 9.17) is 11.6 Å². The summed E-state index contributed by atoms with van der Waals surface area (Å²) >= 11 is 7.61. The number of rotatable bonds is 10. The van der Waals surface area contributed by atoms with Gasteiger partial charge in [-0.1, -0.05) is 72.3 Å². The van der Waals surface area contributed by atoms with Crippen molar-refractivity contribution in [2.24, 2.45) is 7.05 Å². The van der Waals surface area contributed by atoms with Gasteiger partial charge >= 0.3 is 0 Å². The van der Waals surface area contributed by atoms with Gasteiger partial charge in [-0.15, -0.1) is 11.8 Å². The van der Waals surface area contributed by atoms with Crippen LogP contribution >= 0.6 is 23.4 Å². The van der Waals surface area contributed by atoms with E-state index in [9.17, 15) is 19.2 Å². The molecule has 3 N–H and O–H groups in total. The van der Waals surface area contributed by atoms with Crippen LogP contribution in [0.25, 0.3) is 11.8 Å². The molecule has 1 unspecified atom stereocenters. The molecule has 238 valence electrons. The lowest BCUT2D eigenvalue weighted by molar-refractivity contribution is -0.115. The van der Waals surface area contributed by atoms with Crippen LogP contribution in [0, 0.1) is 6.92 Å². The summed E-state index contributed by atoms with van der Waals surface area (Å²) in [6.07, 6.45) is 1.51. The van der Waals surface area contributed by atoms with Gasteiger partial charge in [-0.3, -0.25) is 23.9 Å². The molecule has 47 heavy (non-hydrogen) atoms. The molecule has 5 aromatic rings. The summed E-state index contributed by atoms with van der Waals surface area (Å²) in [5.74, 6) is -1.35. The van der Waals surface area contributed by atoms with Crippen LogP contribution in [-0.4, -0.2) is 32.3 Å². The van der Waals surface area contributed by atoms with Crippen LogP contribution in [0.5, 0.6) is 0 Å². The number of aromatic nitrogens is 2. The minimum absolute atomic E-state index is 0.00264. The molecule has 3 amide bonds. The molecule has 0 aliphatic heterocycles. The summed E-state index contributed by atoms with van der Waals surface area (Å²) in [7, 11) is 1.76. The lowest BCUT2D eigenvalue weighted by Gasteiger charge is -2.14. The first-order valence-electron chi connectivity index (χ1n) is 14.7. The quantitative estimate of drug-likeness (QED) is 0.114. The summed E-state index contributed by atoms with van der Waals surface area (Å²) in [6.45, 7) is 3.51. The molecule has 0 bridgehead atoms. The lowest BCUT2D eigenvalue weighted by Crippen LogP contribution is -2.30. The fourth-order valence-electron chi connectivity index (χ4n) is 4.73. The first-order chi connectivity index (χ1) is 22.6. The van der Waals surface area contributed by atoms with Crippen molar-refractivity contribution in [2.45, 2.75) is 24.0 Å². The molecule has 0 aliphatic rings. The minimum Gasteiger partial charge on any atom is -0.321 e. The van der Waals surface area contributed by atoms with E-state index in [-0.39, 0.29) is 22.9 Å². The zero-order valence-electron chi connectivity index (χ0n) is 25.9. The van der Waals surface area contributed by atoms with Gasteiger partial charge in [-0.25, -0.2) is 4.68 Å². The Hall–Kier alpha value is -5.32. The van der Waals surface area contributed by atoms with E-state index in [1.165, 1.54) is 22.5 Å². The molecule has 0 aliphatic carbocycles. The van der Waals surface area contributed by atoms with Crippen LogP contribution in [0.4, 0.5) is 11.4 Å². The number of hydrogen-bond acceptors (Lipinski definition) is 5. The molecule has 0 saturated carbocycles. The summed E-state index contributed by atoms with van der Waals surface area (Å²) in [4.78, 5) is 53.7. The van der Waals surface area contributed by atoms with Gasteiger partial charge in [0.05, 0.1) is 16.6 Å². The molecular formula is C36H32ClN5O4S. The van der Waals surface area contributed by atoms with Gasteiger partial charge in [0.1, 0.15) is 11.4 Å². The summed E-state index contributed by atoms with van der Waals surface area (Å²) < 4.78 is 3.21. The second kappa shape index (κ2) is 14.8. The molecule has 1 aromatic heterocycles. The molecule has 0 spiro atoms. The summed E-state index contributed by atoms with van der Waals surface area (Å²) in [5, 5.41) is 8.19. The molecule has 1 heterocycles. The number of amides is 3. The maximum absolute atomic E-state index is 13.5. The molecule has 9 nitrogen and oxygen atoms in total. The molecule has 0 radical (unpaired) electrons. The largest absolute Gasteiger partial charge is 0.321 e. The van der Waals surface area contributed by atoms with E-state index in [1.54, 1.807) is 98.4 Å². The molecule has 0 saturated heterocycles. The standard InChI is InChI=1S/C36H32ClN5O4S/c1-23-32(36(46)42(41(23)3)28-17-8-5-9-18-28)40-33(43)24(2)47-29-19-12-16-27(22-29)38-35(45)31(21-26-15-10-11-20-30(26)37)39-34(44)25-13-6-4-7-14-25/h4-22,24H,1-3H3,(H,38,45)(H,39,44)(H,40,43)/b31-21+. The van der Waals surface area contributed by atoms with Gasteiger partial charge in [0.25, 0.3) is 17.4 Å². The summed E-state index contributed by atoms with van der Waals surface area (Å²) in [6, 6.07) is 31.7. The number of hydrogen-bond donors (Lipinski definition) is 3. The highest BCUT2D eigenvalue weighted by molar-refractivity contribution is 8.00. The number of nitrogens with zero attached hydrogens (tertiary/aromatic N) is 2. The number of nitrogens with one attached hydrogen (secondary N) is 3. The van der Waals surface area contributed by atoms with Crippen molar-refractivity contribution >= 4 is 58.5 Å². The third-order valence-corrected chi connectivity index (χ3v) is 8.75. The number of anilines is 2. The third kappa shape index (κ3) is 7.92.